The number of esters is 2. The molecule has 0 atom stereocenters. The number of rotatable bonds is 8. The van der Waals surface area contributed by atoms with Crippen LogP contribution in [0.15, 0.2) is 24.3 Å². The summed E-state index contributed by atoms with van der Waals surface area (Å²) in [5, 5.41) is 0. The zero-order chi connectivity index (χ0) is 17.5. The van der Waals surface area contributed by atoms with Crippen LogP contribution < -0.4 is 4.74 Å². The zero-order valence-electron chi connectivity index (χ0n) is 14.2. The van der Waals surface area contributed by atoms with Crippen LogP contribution in [0.3, 0.4) is 0 Å². The van der Waals surface area contributed by atoms with Gasteiger partial charge < -0.3 is 9.47 Å². The molecule has 0 amide bonds. The standard InChI is InChI=1S/C18H24O5/c1-5-12-22-16(20)18(6-2,7-3)17(21)23-15-10-8-14(9-11-15)13(4)19/h8-11H,5-7,12H2,1-4H3. The van der Waals surface area contributed by atoms with E-state index in [1.807, 2.05) is 6.92 Å². The van der Waals surface area contributed by atoms with Gasteiger partial charge in [-0.15, -0.1) is 0 Å². The van der Waals surface area contributed by atoms with E-state index in [4.69, 9.17) is 9.47 Å². The predicted octanol–water partition coefficient (Wildman–Crippen LogP) is 3.55. The normalized spacial score (nSPS) is 11.0. The summed E-state index contributed by atoms with van der Waals surface area (Å²) in [6, 6.07) is 6.25. The highest BCUT2D eigenvalue weighted by Gasteiger charge is 2.46. The molecule has 126 valence electrons. The lowest BCUT2D eigenvalue weighted by Crippen LogP contribution is -2.42. The van der Waals surface area contributed by atoms with E-state index < -0.39 is 17.4 Å². The van der Waals surface area contributed by atoms with Gasteiger partial charge in [0, 0.05) is 5.56 Å². The van der Waals surface area contributed by atoms with Crippen molar-refractivity contribution in [2.24, 2.45) is 5.41 Å². The Morgan fingerprint density at radius 3 is 1.96 bits per heavy atom. The van der Waals surface area contributed by atoms with Gasteiger partial charge in [0.2, 0.25) is 0 Å². The number of hydrogen-bond acceptors (Lipinski definition) is 5. The van der Waals surface area contributed by atoms with Crippen molar-refractivity contribution in [1.82, 2.24) is 0 Å². The molecule has 0 heterocycles. The fraction of sp³-hybridized carbons (Fsp3) is 0.500. The van der Waals surface area contributed by atoms with Crippen LogP contribution in [0, 0.1) is 5.41 Å². The van der Waals surface area contributed by atoms with E-state index >= 15 is 0 Å². The summed E-state index contributed by atoms with van der Waals surface area (Å²) in [5.41, 5.74) is -0.765. The summed E-state index contributed by atoms with van der Waals surface area (Å²) in [4.78, 5) is 36.1. The number of benzene rings is 1. The van der Waals surface area contributed by atoms with Gasteiger partial charge in [0.25, 0.3) is 0 Å². The van der Waals surface area contributed by atoms with Crippen molar-refractivity contribution in [3.63, 3.8) is 0 Å². The molecule has 1 aromatic carbocycles. The Balaban J connectivity index is 2.93. The third kappa shape index (κ3) is 4.41. The van der Waals surface area contributed by atoms with E-state index in [9.17, 15) is 14.4 Å². The van der Waals surface area contributed by atoms with E-state index in [0.29, 0.717) is 30.6 Å². The molecule has 0 unspecified atom stereocenters. The molecule has 23 heavy (non-hydrogen) atoms. The largest absolute Gasteiger partial charge is 0.465 e. The van der Waals surface area contributed by atoms with Crippen LogP contribution >= 0.6 is 0 Å². The molecule has 1 aromatic rings. The maximum absolute atomic E-state index is 12.5. The number of Topliss-reactive ketones (excluding diaryl/α,β-unsaturated/α-hetero) is 1. The van der Waals surface area contributed by atoms with Crippen molar-refractivity contribution in [1.29, 1.82) is 0 Å². The lowest BCUT2D eigenvalue weighted by atomic mass is 9.82. The van der Waals surface area contributed by atoms with Gasteiger partial charge in [0.1, 0.15) is 5.75 Å². The monoisotopic (exact) mass is 320 g/mol. The summed E-state index contributed by atoms with van der Waals surface area (Å²) in [6.07, 6.45) is 1.30. The van der Waals surface area contributed by atoms with Crippen LogP contribution in [0.1, 0.15) is 57.3 Å². The zero-order valence-corrected chi connectivity index (χ0v) is 14.2. The smallest absolute Gasteiger partial charge is 0.328 e. The van der Waals surface area contributed by atoms with Crippen LogP contribution in [-0.4, -0.2) is 24.3 Å². The molecule has 5 heteroatoms. The van der Waals surface area contributed by atoms with Gasteiger partial charge in [-0.3, -0.25) is 14.4 Å². The minimum absolute atomic E-state index is 0.0671. The van der Waals surface area contributed by atoms with Crippen molar-refractivity contribution in [3.8, 4) is 5.75 Å². The maximum atomic E-state index is 12.5. The fourth-order valence-corrected chi connectivity index (χ4v) is 2.21. The average Bonchev–Trinajstić information content (AvgIpc) is 2.55. The molecule has 0 aliphatic carbocycles. The van der Waals surface area contributed by atoms with Crippen LogP contribution in [0.2, 0.25) is 0 Å². The molecule has 0 aliphatic heterocycles. The Kier molecular flexibility index (Phi) is 6.94. The first kappa shape index (κ1) is 18.9. The molecule has 0 aromatic heterocycles. The quantitative estimate of drug-likeness (QED) is 0.317. The Morgan fingerprint density at radius 2 is 1.52 bits per heavy atom. The minimum Gasteiger partial charge on any atom is -0.465 e. The number of carbonyl (C=O) groups is 3. The van der Waals surface area contributed by atoms with Crippen molar-refractivity contribution in [2.75, 3.05) is 6.61 Å². The van der Waals surface area contributed by atoms with Crippen LogP contribution in [0.5, 0.6) is 5.75 Å². The lowest BCUT2D eigenvalue weighted by molar-refractivity contribution is -0.168. The first-order valence-electron chi connectivity index (χ1n) is 7.91. The van der Waals surface area contributed by atoms with Gasteiger partial charge in [0.15, 0.2) is 11.2 Å². The molecular weight excluding hydrogens is 296 g/mol. The number of ketones is 1. The number of hydrogen-bond donors (Lipinski definition) is 0. The van der Waals surface area contributed by atoms with Gasteiger partial charge in [-0.2, -0.15) is 0 Å². The predicted molar refractivity (Wildman–Crippen MR) is 86.3 cm³/mol. The third-order valence-electron chi connectivity index (χ3n) is 3.90. The van der Waals surface area contributed by atoms with Gasteiger partial charge in [-0.1, -0.05) is 20.8 Å². The van der Waals surface area contributed by atoms with E-state index in [1.165, 1.54) is 6.92 Å². The molecule has 0 saturated carbocycles. The molecule has 0 N–H and O–H groups in total. The second kappa shape index (κ2) is 8.46. The highest BCUT2D eigenvalue weighted by atomic mass is 16.6. The summed E-state index contributed by atoms with van der Waals surface area (Å²) in [5.74, 6) is -0.939. The molecule has 5 nitrogen and oxygen atoms in total. The summed E-state index contributed by atoms with van der Waals surface area (Å²) in [7, 11) is 0. The molecule has 1 rings (SSSR count). The molecule has 0 fully saturated rings. The Labute approximate surface area is 137 Å². The van der Waals surface area contributed by atoms with Gasteiger partial charge in [-0.05, 0) is 50.5 Å². The molecule has 0 spiro atoms. The maximum Gasteiger partial charge on any atom is 0.328 e. The van der Waals surface area contributed by atoms with Crippen LogP contribution in [-0.2, 0) is 14.3 Å². The van der Waals surface area contributed by atoms with Gasteiger partial charge >= 0.3 is 11.9 Å². The number of ether oxygens (including phenoxy) is 2. The third-order valence-corrected chi connectivity index (χ3v) is 3.90. The van der Waals surface area contributed by atoms with Crippen molar-refractivity contribution >= 4 is 17.7 Å². The van der Waals surface area contributed by atoms with Crippen molar-refractivity contribution in [3.05, 3.63) is 29.8 Å². The Bertz CT molecular complexity index is 555. The Hall–Kier alpha value is -2.17. The highest BCUT2D eigenvalue weighted by Crippen LogP contribution is 2.31. The van der Waals surface area contributed by atoms with Crippen LogP contribution in [0.4, 0.5) is 0 Å². The highest BCUT2D eigenvalue weighted by molar-refractivity contribution is 6.01. The van der Waals surface area contributed by atoms with Crippen molar-refractivity contribution < 1.29 is 23.9 Å². The first-order valence-corrected chi connectivity index (χ1v) is 7.91. The van der Waals surface area contributed by atoms with Crippen LogP contribution in [0.25, 0.3) is 0 Å². The van der Waals surface area contributed by atoms with E-state index in [0.717, 1.165) is 0 Å². The van der Waals surface area contributed by atoms with Gasteiger partial charge in [-0.25, -0.2) is 0 Å². The molecule has 0 saturated heterocycles. The first-order chi connectivity index (χ1) is 10.9. The second-order valence-corrected chi connectivity index (χ2v) is 5.40. The summed E-state index contributed by atoms with van der Waals surface area (Å²) < 4.78 is 10.5. The summed E-state index contributed by atoms with van der Waals surface area (Å²) in [6.45, 7) is 7.15. The minimum atomic E-state index is -1.30. The van der Waals surface area contributed by atoms with E-state index in [1.54, 1.807) is 38.1 Å². The second-order valence-electron chi connectivity index (χ2n) is 5.40. The van der Waals surface area contributed by atoms with Gasteiger partial charge in [0.05, 0.1) is 6.61 Å². The number of carbonyl (C=O) groups excluding carboxylic acids is 3. The fourth-order valence-electron chi connectivity index (χ4n) is 2.21. The van der Waals surface area contributed by atoms with E-state index in [-0.39, 0.29) is 12.4 Å². The average molecular weight is 320 g/mol. The molecule has 0 aliphatic rings. The Morgan fingerprint density at radius 1 is 0.957 bits per heavy atom. The topological polar surface area (TPSA) is 69.7 Å². The van der Waals surface area contributed by atoms with Crippen molar-refractivity contribution in [2.45, 2.75) is 47.0 Å². The lowest BCUT2D eigenvalue weighted by Gasteiger charge is -2.26. The van der Waals surface area contributed by atoms with E-state index in [2.05, 4.69) is 0 Å². The summed E-state index contributed by atoms with van der Waals surface area (Å²) >= 11 is 0. The molecule has 0 radical (unpaired) electrons. The molecular formula is C18H24O5. The molecule has 0 bridgehead atoms. The SMILES string of the molecule is CCCOC(=O)C(CC)(CC)C(=O)Oc1ccc(C(C)=O)cc1.